The zero-order chi connectivity index (χ0) is 6.57. The molecular weight excluding hydrogens is 106 g/mol. The van der Waals surface area contributed by atoms with Crippen LogP contribution in [0.5, 0.6) is 0 Å². The summed E-state index contributed by atoms with van der Waals surface area (Å²) in [6, 6.07) is 0. The van der Waals surface area contributed by atoms with Gasteiger partial charge in [0.15, 0.2) is 5.78 Å². The Balaban J connectivity index is 3.32. The molecule has 0 rings (SSSR count). The molecule has 0 aromatic heterocycles. The van der Waals surface area contributed by atoms with Crippen LogP contribution in [-0.2, 0) is 4.79 Å². The zero-order valence-electron chi connectivity index (χ0n) is 5.05. The van der Waals surface area contributed by atoms with Crippen LogP contribution in [-0.4, -0.2) is 23.5 Å². The first kappa shape index (κ1) is 7.59. The second kappa shape index (κ2) is 3.57. The first-order valence-corrected chi connectivity index (χ1v) is 2.66. The summed E-state index contributed by atoms with van der Waals surface area (Å²) >= 11 is 0. The predicted octanol–water partition coefficient (Wildman–Crippen LogP) is -1.43. The normalized spacial score (nSPS) is 13.4. The highest BCUT2D eigenvalue weighted by Gasteiger charge is 2.07. The van der Waals surface area contributed by atoms with Gasteiger partial charge >= 0.3 is 0 Å². The number of ketones is 1. The fourth-order valence-electron chi connectivity index (χ4n) is 0.397. The number of Topliss-reactive ketones (excluding diaryl/α,β-unsaturated/α-hetero) is 1. The number of hydrogen-bond donors (Lipinski definition) is 2. The third-order valence-electron chi connectivity index (χ3n) is 0.947. The summed E-state index contributed by atoms with van der Waals surface area (Å²) in [5.41, 5.74) is 3.50. The van der Waals surface area contributed by atoms with E-state index < -0.39 is 6.10 Å². The van der Waals surface area contributed by atoms with E-state index in [0.29, 0.717) is 13.0 Å². The van der Waals surface area contributed by atoms with Gasteiger partial charge in [-0.15, -0.1) is 0 Å². The van der Waals surface area contributed by atoms with Crippen LogP contribution in [0, 0.1) is 0 Å². The lowest BCUT2D eigenvalue weighted by Crippen LogP contribution is -2.51. The van der Waals surface area contributed by atoms with Crippen molar-refractivity contribution in [3.8, 4) is 0 Å². The van der Waals surface area contributed by atoms with Gasteiger partial charge in [0.1, 0.15) is 6.10 Å². The Hall–Kier alpha value is -0.410. The molecule has 8 heavy (non-hydrogen) atoms. The zero-order valence-corrected chi connectivity index (χ0v) is 5.05. The van der Waals surface area contributed by atoms with Gasteiger partial charge in [-0.25, -0.2) is 0 Å². The molecule has 3 heteroatoms. The molecule has 48 valence electrons. The molecule has 3 nitrogen and oxygen atoms in total. The third kappa shape index (κ3) is 2.71. The lowest BCUT2D eigenvalue weighted by molar-refractivity contribution is -0.370. The van der Waals surface area contributed by atoms with Gasteiger partial charge in [0.2, 0.25) is 0 Å². The van der Waals surface area contributed by atoms with Crippen molar-refractivity contribution in [3.05, 3.63) is 0 Å². The van der Waals surface area contributed by atoms with Gasteiger partial charge in [-0.2, -0.15) is 0 Å². The molecule has 0 aliphatic heterocycles. The van der Waals surface area contributed by atoms with Crippen molar-refractivity contribution in [3.63, 3.8) is 0 Å². The quantitative estimate of drug-likeness (QED) is 0.477. The van der Waals surface area contributed by atoms with Gasteiger partial charge in [0.25, 0.3) is 0 Å². The SMILES string of the molecule is CC(=O)C(O)CC[NH3+]. The fourth-order valence-corrected chi connectivity index (χ4v) is 0.397. The van der Waals surface area contributed by atoms with E-state index in [0.717, 1.165) is 0 Å². The molecule has 0 aromatic rings. The number of carbonyl (C=O) groups excluding carboxylic acids is 1. The van der Waals surface area contributed by atoms with Crippen molar-refractivity contribution >= 4 is 5.78 Å². The maximum atomic E-state index is 10.3. The molecule has 0 aliphatic rings. The Bertz CT molecular complexity index is 82.5. The summed E-state index contributed by atoms with van der Waals surface area (Å²) in [7, 11) is 0. The van der Waals surface area contributed by atoms with E-state index in [9.17, 15) is 4.79 Å². The molecule has 0 aromatic carbocycles. The number of quaternary nitrogens is 1. The molecule has 0 amide bonds. The average Bonchev–Trinajstić information content (AvgIpc) is 1.67. The van der Waals surface area contributed by atoms with Gasteiger partial charge < -0.3 is 10.8 Å². The number of rotatable bonds is 3. The molecule has 1 atom stereocenters. The first-order chi connectivity index (χ1) is 3.68. The van der Waals surface area contributed by atoms with Crippen LogP contribution in [0.25, 0.3) is 0 Å². The molecule has 4 N–H and O–H groups in total. The minimum absolute atomic E-state index is 0.173. The number of carbonyl (C=O) groups is 1. The maximum Gasteiger partial charge on any atom is 0.158 e. The highest BCUT2D eigenvalue weighted by atomic mass is 16.3. The van der Waals surface area contributed by atoms with Crippen molar-refractivity contribution in [2.75, 3.05) is 6.54 Å². The summed E-state index contributed by atoms with van der Waals surface area (Å²) < 4.78 is 0. The highest BCUT2D eigenvalue weighted by Crippen LogP contribution is 1.87. The standard InChI is InChI=1S/C5H11NO2/c1-4(7)5(8)2-3-6/h5,8H,2-3,6H2,1H3/p+1. The summed E-state index contributed by atoms with van der Waals surface area (Å²) in [4.78, 5) is 10.3. The monoisotopic (exact) mass is 118 g/mol. The van der Waals surface area contributed by atoms with Gasteiger partial charge in [0.05, 0.1) is 6.54 Å². The summed E-state index contributed by atoms with van der Waals surface area (Å²) in [5, 5.41) is 8.74. The van der Waals surface area contributed by atoms with Crippen molar-refractivity contribution in [1.82, 2.24) is 0 Å². The van der Waals surface area contributed by atoms with Crippen LogP contribution in [0.4, 0.5) is 0 Å². The van der Waals surface area contributed by atoms with Crippen LogP contribution >= 0.6 is 0 Å². The first-order valence-electron chi connectivity index (χ1n) is 2.66. The smallest absolute Gasteiger partial charge is 0.158 e. The van der Waals surface area contributed by atoms with Crippen LogP contribution in [0.1, 0.15) is 13.3 Å². The molecule has 0 bridgehead atoms. The average molecular weight is 118 g/mol. The minimum atomic E-state index is -0.785. The molecule has 0 saturated heterocycles. The Morgan fingerprint density at radius 3 is 2.50 bits per heavy atom. The van der Waals surface area contributed by atoms with E-state index in [4.69, 9.17) is 5.11 Å². The second-order valence-corrected chi connectivity index (χ2v) is 1.77. The number of aliphatic hydroxyl groups is 1. The van der Waals surface area contributed by atoms with E-state index in [1.807, 2.05) is 0 Å². The Morgan fingerprint density at radius 1 is 1.88 bits per heavy atom. The molecule has 0 aliphatic carbocycles. The Kier molecular flexibility index (Phi) is 3.39. The van der Waals surface area contributed by atoms with E-state index in [1.54, 1.807) is 0 Å². The lowest BCUT2D eigenvalue weighted by Gasteiger charge is -1.99. The molecule has 0 heterocycles. The summed E-state index contributed by atoms with van der Waals surface area (Å²) in [6.07, 6.45) is -0.303. The van der Waals surface area contributed by atoms with E-state index in [2.05, 4.69) is 5.73 Å². The summed E-state index contributed by atoms with van der Waals surface area (Å²) in [5.74, 6) is -0.173. The lowest BCUT2D eigenvalue weighted by atomic mass is 10.2. The van der Waals surface area contributed by atoms with Gasteiger partial charge in [-0.05, 0) is 6.92 Å². The molecular formula is C5H12NO2+. The van der Waals surface area contributed by atoms with Crippen LogP contribution in [0.15, 0.2) is 0 Å². The Labute approximate surface area is 48.5 Å². The van der Waals surface area contributed by atoms with Crippen LogP contribution in [0.3, 0.4) is 0 Å². The molecule has 0 spiro atoms. The van der Waals surface area contributed by atoms with E-state index >= 15 is 0 Å². The molecule has 0 fully saturated rings. The summed E-state index contributed by atoms with van der Waals surface area (Å²) in [6.45, 7) is 1.99. The van der Waals surface area contributed by atoms with Gasteiger partial charge in [0, 0.05) is 6.42 Å². The molecule has 0 radical (unpaired) electrons. The molecule has 0 saturated carbocycles. The van der Waals surface area contributed by atoms with Crippen molar-refractivity contribution < 1.29 is 15.6 Å². The van der Waals surface area contributed by atoms with E-state index in [1.165, 1.54) is 6.92 Å². The van der Waals surface area contributed by atoms with Gasteiger partial charge in [-0.3, -0.25) is 4.79 Å². The van der Waals surface area contributed by atoms with Crippen LogP contribution in [0.2, 0.25) is 0 Å². The van der Waals surface area contributed by atoms with Gasteiger partial charge in [-0.1, -0.05) is 0 Å². The second-order valence-electron chi connectivity index (χ2n) is 1.77. The topological polar surface area (TPSA) is 64.9 Å². The largest absolute Gasteiger partial charge is 0.385 e. The van der Waals surface area contributed by atoms with Crippen molar-refractivity contribution in [2.24, 2.45) is 0 Å². The van der Waals surface area contributed by atoms with Crippen molar-refractivity contribution in [1.29, 1.82) is 0 Å². The predicted molar refractivity (Wildman–Crippen MR) is 29.1 cm³/mol. The maximum absolute atomic E-state index is 10.3. The molecule has 1 unspecified atom stereocenters. The minimum Gasteiger partial charge on any atom is -0.385 e. The Morgan fingerprint density at radius 2 is 2.38 bits per heavy atom. The fraction of sp³-hybridized carbons (Fsp3) is 0.800. The number of hydrogen-bond acceptors (Lipinski definition) is 2. The van der Waals surface area contributed by atoms with Crippen molar-refractivity contribution in [2.45, 2.75) is 19.4 Å². The highest BCUT2D eigenvalue weighted by molar-refractivity contribution is 5.79. The van der Waals surface area contributed by atoms with E-state index in [-0.39, 0.29) is 5.78 Å². The third-order valence-corrected chi connectivity index (χ3v) is 0.947. The number of aliphatic hydroxyl groups excluding tert-OH is 1. The van der Waals surface area contributed by atoms with Crippen LogP contribution < -0.4 is 5.73 Å².